The van der Waals surface area contributed by atoms with E-state index in [4.69, 9.17) is 11.6 Å². The number of alkyl halides is 1. The topological polar surface area (TPSA) is 46.6 Å². The molecule has 1 aliphatic heterocycles. The molecule has 1 fully saturated rings. The lowest BCUT2D eigenvalue weighted by atomic mass is 10.5. The van der Waals surface area contributed by atoms with E-state index in [1.54, 1.807) is 0 Å². The molecule has 1 aliphatic rings. The van der Waals surface area contributed by atoms with Crippen molar-refractivity contribution >= 4 is 23.6 Å². The van der Waals surface area contributed by atoms with Crippen molar-refractivity contribution in [3.8, 4) is 0 Å². The molecule has 0 spiro atoms. The highest BCUT2D eigenvalue weighted by atomic mass is 35.5. The van der Waals surface area contributed by atoms with Gasteiger partial charge in [0.1, 0.15) is 0 Å². The molecule has 10 heavy (non-hydrogen) atoms. The van der Waals surface area contributed by atoms with Crippen molar-refractivity contribution in [3.05, 3.63) is 0 Å². The normalized spacial score (nSPS) is 24.8. The second kappa shape index (κ2) is 2.46. The molecule has 5 heteroatoms. The van der Waals surface area contributed by atoms with Crippen LogP contribution in [0.15, 0.2) is 0 Å². The highest BCUT2D eigenvalue weighted by Crippen LogP contribution is 2.13. The van der Waals surface area contributed by atoms with Gasteiger partial charge < -0.3 is 4.74 Å². The molecule has 0 aromatic rings. The van der Waals surface area contributed by atoms with Gasteiger partial charge in [-0.25, -0.2) is 9.69 Å². The van der Waals surface area contributed by atoms with E-state index >= 15 is 0 Å². The molecular formula is C5H6ClNO3. The van der Waals surface area contributed by atoms with E-state index in [2.05, 4.69) is 4.74 Å². The first-order valence-corrected chi connectivity index (χ1v) is 3.17. The Kier molecular flexibility index (Phi) is 1.80. The van der Waals surface area contributed by atoms with E-state index in [9.17, 15) is 9.59 Å². The lowest BCUT2D eigenvalue weighted by molar-refractivity contribution is -0.125. The van der Waals surface area contributed by atoms with Crippen molar-refractivity contribution in [2.75, 3.05) is 6.54 Å². The van der Waals surface area contributed by atoms with Crippen LogP contribution in [0.2, 0.25) is 0 Å². The quantitative estimate of drug-likeness (QED) is 0.490. The lowest BCUT2D eigenvalue weighted by Crippen LogP contribution is -2.29. The van der Waals surface area contributed by atoms with Gasteiger partial charge in [-0.2, -0.15) is 0 Å². The van der Waals surface area contributed by atoms with E-state index in [0.717, 1.165) is 4.90 Å². The number of ether oxygens (including phenoxy) is 1. The van der Waals surface area contributed by atoms with E-state index in [0.29, 0.717) is 0 Å². The predicted octanol–water partition coefficient (Wildman–Crippen LogP) is 0.550. The molecule has 0 saturated carbocycles. The minimum absolute atomic E-state index is 0.149. The van der Waals surface area contributed by atoms with Crippen LogP contribution in [0.25, 0.3) is 0 Å². The first-order valence-electron chi connectivity index (χ1n) is 2.74. The molecular weight excluding hydrogens is 158 g/mol. The maximum Gasteiger partial charge on any atom is 0.418 e. The van der Waals surface area contributed by atoms with Gasteiger partial charge in [0, 0.05) is 6.92 Å². The van der Waals surface area contributed by atoms with Crippen LogP contribution in [0.5, 0.6) is 0 Å². The van der Waals surface area contributed by atoms with E-state index < -0.39 is 11.7 Å². The molecule has 0 aromatic heterocycles. The number of imide groups is 1. The number of carbonyl (C=O) groups is 2. The van der Waals surface area contributed by atoms with Crippen molar-refractivity contribution in [2.24, 2.45) is 0 Å². The van der Waals surface area contributed by atoms with Gasteiger partial charge in [0.2, 0.25) is 5.91 Å². The number of carbonyl (C=O) groups excluding carboxylic acids is 2. The Labute approximate surface area is 62.7 Å². The summed E-state index contributed by atoms with van der Waals surface area (Å²) in [7, 11) is 0. The van der Waals surface area contributed by atoms with Gasteiger partial charge >= 0.3 is 6.09 Å². The molecule has 0 aromatic carbocycles. The molecule has 1 rings (SSSR count). The summed E-state index contributed by atoms with van der Waals surface area (Å²) in [6.07, 6.45) is -0.660. The smallest absolute Gasteiger partial charge is 0.418 e. The number of cyclic esters (lactones) is 1. The fourth-order valence-electron chi connectivity index (χ4n) is 0.685. The lowest BCUT2D eigenvalue weighted by Gasteiger charge is -2.04. The second-order valence-corrected chi connectivity index (χ2v) is 2.41. The maximum atomic E-state index is 10.6. The minimum atomic E-state index is -0.684. The van der Waals surface area contributed by atoms with Gasteiger partial charge in [0.15, 0.2) is 5.56 Å². The monoisotopic (exact) mass is 163 g/mol. The van der Waals surface area contributed by atoms with E-state index in [1.165, 1.54) is 6.92 Å². The molecule has 0 bridgehead atoms. The summed E-state index contributed by atoms with van der Waals surface area (Å²) >= 11 is 5.41. The molecule has 0 unspecified atom stereocenters. The van der Waals surface area contributed by atoms with Crippen molar-refractivity contribution in [1.29, 1.82) is 0 Å². The summed E-state index contributed by atoms with van der Waals surface area (Å²) < 4.78 is 4.47. The third-order valence-corrected chi connectivity index (χ3v) is 1.38. The maximum absolute atomic E-state index is 10.6. The summed E-state index contributed by atoms with van der Waals surface area (Å²) in [5.74, 6) is -0.340. The van der Waals surface area contributed by atoms with Gasteiger partial charge in [-0.15, -0.1) is 0 Å². The average Bonchev–Trinajstić information content (AvgIpc) is 2.10. The Hall–Kier alpha value is -0.770. The number of hydrogen-bond acceptors (Lipinski definition) is 3. The Balaban J connectivity index is 2.63. The molecule has 0 N–H and O–H groups in total. The second-order valence-electron chi connectivity index (χ2n) is 1.92. The highest BCUT2D eigenvalue weighted by molar-refractivity contribution is 6.21. The molecule has 0 aliphatic carbocycles. The summed E-state index contributed by atoms with van der Waals surface area (Å²) in [6.45, 7) is 1.44. The summed E-state index contributed by atoms with van der Waals surface area (Å²) in [4.78, 5) is 22.1. The zero-order chi connectivity index (χ0) is 7.72. The third kappa shape index (κ3) is 1.21. The highest BCUT2D eigenvalue weighted by Gasteiger charge is 2.32. The van der Waals surface area contributed by atoms with Gasteiger partial charge in [-0.1, -0.05) is 11.6 Å². The van der Waals surface area contributed by atoms with Crippen molar-refractivity contribution in [1.82, 2.24) is 4.90 Å². The van der Waals surface area contributed by atoms with Crippen molar-refractivity contribution in [3.63, 3.8) is 0 Å². The number of halogens is 1. The summed E-state index contributed by atoms with van der Waals surface area (Å²) in [6, 6.07) is 0. The van der Waals surface area contributed by atoms with Crippen LogP contribution in [-0.4, -0.2) is 29.0 Å². The number of hydrogen-bond donors (Lipinski definition) is 0. The molecule has 1 atom stereocenters. The zero-order valence-electron chi connectivity index (χ0n) is 5.33. The standard InChI is InChI=1S/C5H6ClNO3/c1-3(8)7-2-4(6)10-5(7)9/h4H,2H2,1H3/t4-/m1/s1. The first-order chi connectivity index (χ1) is 4.61. The molecule has 4 nitrogen and oxygen atoms in total. The Morgan fingerprint density at radius 3 is 2.70 bits per heavy atom. The van der Waals surface area contributed by atoms with Crippen LogP contribution in [-0.2, 0) is 9.53 Å². The van der Waals surface area contributed by atoms with Gasteiger partial charge in [-0.3, -0.25) is 4.79 Å². The van der Waals surface area contributed by atoms with E-state index in [-0.39, 0.29) is 12.5 Å². The fraction of sp³-hybridized carbons (Fsp3) is 0.600. The third-order valence-electron chi connectivity index (χ3n) is 1.16. The van der Waals surface area contributed by atoms with Crippen LogP contribution in [0, 0.1) is 0 Å². The molecule has 0 radical (unpaired) electrons. The Bertz CT molecular complexity index is 182. The van der Waals surface area contributed by atoms with Crippen LogP contribution in [0.1, 0.15) is 6.92 Å². The van der Waals surface area contributed by atoms with Crippen LogP contribution in [0.4, 0.5) is 4.79 Å². The van der Waals surface area contributed by atoms with Crippen molar-refractivity contribution < 1.29 is 14.3 Å². The van der Waals surface area contributed by atoms with Crippen LogP contribution >= 0.6 is 11.6 Å². The average molecular weight is 164 g/mol. The summed E-state index contributed by atoms with van der Waals surface area (Å²) in [5.41, 5.74) is -0.684. The number of rotatable bonds is 0. The van der Waals surface area contributed by atoms with Crippen LogP contribution < -0.4 is 0 Å². The fourth-order valence-corrected chi connectivity index (χ4v) is 0.900. The predicted molar refractivity (Wildman–Crippen MR) is 33.5 cm³/mol. The molecule has 1 saturated heterocycles. The zero-order valence-corrected chi connectivity index (χ0v) is 6.09. The summed E-state index contributed by atoms with van der Waals surface area (Å²) in [5, 5.41) is 0. The number of nitrogens with zero attached hydrogens (tertiary/aromatic N) is 1. The largest absolute Gasteiger partial charge is 0.427 e. The van der Waals surface area contributed by atoms with Gasteiger partial charge in [0.25, 0.3) is 0 Å². The molecule has 1 heterocycles. The van der Waals surface area contributed by atoms with E-state index in [1.807, 2.05) is 0 Å². The molecule has 56 valence electrons. The Morgan fingerprint density at radius 2 is 2.50 bits per heavy atom. The first kappa shape index (κ1) is 7.34. The van der Waals surface area contributed by atoms with Gasteiger partial charge in [-0.05, 0) is 0 Å². The van der Waals surface area contributed by atoms with Crippen molar-refractivity contribution in [2.45, 2.75) is 12.5 Å². The SMILES string of the molecule is CC(=O)N1C[C@H](Cl)OC1=O. The Morgan fingerprint density at radius 1 is 1.90 bits per heavy atom. The van der Waals surface area contributed by atoms with Gasteiger partial charge in [0.05, 0.1) is 6.54 Å². The molecule has 2 amide bonds. The number of amides is 2. The van der Waals surface area contributed by atoms with Crippen LogP contribution in [0.3, 0.4) is 0 Å². The minimum Gasteiger partial charge on any atom is -0.427 e.